The standard InChI is InChI=1S/C16H9ClF3N3O2/c17-12-7-6-10(8-11(12)16(18,19)20)21-13(24)15-23-22-14(25-15)9-4-2-1-3-5-9/h1-8H,(H,21,24). The molecule has 0 spiro atoms. The van der Waals surface area contributed by atoms with Crippen LogP contribution in [0.4, 0.5) is 18.9 Å². The molecule has 1 N–H and O–H groups in total. The summed E-state index contributed by atoms with van der Waals surface area (Å²) in [6.07, 6.45) is -4.64. The van der Waals surface area contributed by atoms with Crippen molar-refractivity contribution in [2.75, 3.05) is 5.32 Å². The lowest BCUT2D eigenvalue weighted by molar-refractivity contribution is -0.137. The number of rotatable bonds is 3. The van der Waals surface area contributed by atoms with Crippen molar-refractivity contribution in [3.05, 3.63) is 65.0 Å². The van der Waals surface area contributed by atoms with E-state index in [0.717, 1.165) is 12.1 Å². The molecule has 1 amide bonds. The number of nitrogens with zero attached hydrogens (tertiary/aromatic N) is 2. The van der Waals surface area contributed by atoms with Crippen molar-refractivity contribution in [1.29, 1.82) is 0 Å². The van der Waals surface area contributed by atoms with E-state index in [0.29, 0.717) is 5.56 Å². The Kier molecular flexibility index (Phi) is 4.45. The van der Waals surface area contributed by atoms with Crippen molar-refractivity contribution in [3.63, 3.8) is 0 Å². The quantitative estimate of drug-likeness (QED) is 0.731. The summed E-state index contributed by atoms with van der Waals surface area (Å²) in [7, 11) is 0. The van der Waals surface area contributed by atoms with Gasteiger partial charge in [-0.15, -0.1) is 10.2 Å². The van der Waals surface area contributed by atoms with E-state index >= 15 is 0 Å². The first-order chi connectivity index (χ1) is 11.8. The van der Waals surface area contributed by atoms with E-state index in [1.54, 1.807) is 30.3 Å². The summed E-state index contributed by atoms with van der Waals surface area (Å²) >= 11 is 5.53. The van der Waals surface area contributed by atoms with Crippen LogP contribution in [0.3, 0.4) is 0 Å². The van der Waals surface area contributed by atoms with E-state index in [1.165, 1.54) is 6.07 Å². The number of amides is 1. The van der Waals surface area contributed by atoms with E-state index in [2.05, 4.69) is 15.5 Å². The Bertz CT molecular complexity index is 910. The molecule has 0 aliphatic carbocycles. The molecule has 0 bridgehead atoms. The monoisotopic (exact) mass is 367 g/mol. The van der Waals surface area contributed by atoms with Crippen molar-refractivity contribution >= 4 is 23.2 Å². The molecule has 0 radical (unpaired) electrons. The van der Waals surface area contributed by atoms with Crippen LogP contribution in [0.2, 0.25) is 5.02 Å². The number of carbonyl (C=O) groups is 1. The predicted molar refractivity (Wildman–Crippen MR) is 84.1 cm³/mol. The Morgan fingerprint density at radius 2 is 1.80 bits per heavy atom. The number of benzene rings is 2. The summed E-state index contributed by atoms with van der Waals surface area (Å²) in [5, 5.41) is 9.15. The van der Waals surface area contributed by atoms with Gasteiger partial charge in [0.2, 0.25) is 5.89 Å². The van der Waals surface area contributed by atoms with Crippen molar-refractivity contribution in [2.45, 2.75) is 6.18 Å². The second-order valence-corrected chi connectivity index (χ2v) is 5.33. The minimum Gasteiger partial charge on any atom is -0.412 e. The zero-order valence-electron chi connectivity index (χ0n) is 12.3. The first kappa shape index (κ1) is 17.0. The van der Waals surface area contributed by atoms with Gasteiger partial charge in [0.25, 0.3) is 0 Å². The van der Waals surface area contributed by atoms with Gasteiger partial charge in [0.1, 0.15) is 0 Å². The van der Waals surface area contributed by atoms with Gasteiger partial charge in [-0.2, -0.15) is 13.2 Å². The minimum absolute atomic E-state index is 0.0961. The molecule has 25 heavy (non-hydrogen) atoms. The Morgan fingerprint density at radius 3 is 2.48 bits per heavy atom. The highest BCUT2D eigenvalue weighted by Crippen LogP contribution is 2.36. The van der Waals surface area contributed by atoms with Gasteiger partial charge < -0.3 is 9.73 Å². The number of anilines is 1. The minimum atomic E-state index is -4.64. The molecule has 1 aromatic heterocycles. The molecule has 0 aliphatic rings. The van der Waals surface area contributed by atoms with Gasteiger partial charge in [-0.25, -0.2) is 0 Å². The molecule has 0 aliphatic heterocycles. The second kappa shape index (κ2) is 6.56. The number of nitrogens with one attached hydrogen (secondary N) is 1. The molecule has 3 rings (SSSR count). The maximum atomic E-state index is 12.8. The predicted octanol–water partition coefficient (Wildman–Crippen LogP) is 4.66. The van der Waals surface area contributed by atoms with Crippen LogP contribution in [0.1, 0.15) is 16.2 Å². The van der Waals surface area contributed by atoms with Crippen LogP contribution in [0, 0.1) is 0 Å². The number of carbonyl (C=O) groups excluding carboxylic acids is 1. The van der Waals surface area contributed by atoms with Crippen molar-refractivity contribution < 1.29 is 22.4 Å². The number of hydrogen-bond acceptors (Lipinski definition) is 4. The molecule has 3 aromatic rings. The van der Waals surface area contributed by atoms with Crippen LogP contribution < -0.4 is 5.32 Å². The molecule has 1 heterocycles. The molecule has 128 valence electrons. The molecular formula is C16H9ClF3N3O2. The smallest absolute Gasteiger partial charge is 0.412 e. The summed E-state index contributed by atoms with van der Waals surface area (Å²) in [6, 6.07) is 11.7. The van der Waals surface area contributed by atoms with E-state index in [4.69, 9.17) is 16.0 Å². The SMILES string of the molecule is O=C(Nc1ccc(Cl)c(C(F)(F)F)c1)c1nnc(-c2ccccc2)o1. The van der Waals surface area contributed by atoms with E-state index in [-0.39, 0.29) is 17.5 Å². The molecule has 0 fully saturated rings. The van der Waals surface area contributed by atoms with Crippen LogP contribution in [-0.4, -0.2) is 16.1 Å². The second-order valence-electron chi connectivity index (χ2n) is 4.92. The number of aromatic nitrogens is 2. The van der Waals surface area contributed by atoms with Gasteiger partial charge in [0, 0.05) is 11.3 Å². The first-order valence-electron chi connectivity index (χ1n) is 6.91. The third-order valence-corrected chi connectivity index (χ3v) is 3.50. The Morgan fingerprint density at radius 1 is 1.08 bits per heavy atom. The first-order valence-corrected chi connectivity index (χ1v) is 7.29. The fourth-order valence-electron chi connectivity index (χ4n) is 2.02. The summed E-state index contributed by atoms with van der Waals surface area (Å²) in [4.78, 5) is 12.1. The largest absolute Gasteiger partial charge is 0.417 e. The Labute approximate surface area is 144 Å². The van der Waals surface area contributed by atoms with Crippen molar-refractivity contribution in [2.24, 2.45) is 0 Å². The lowest BCUT2D eigenvalue weighted by Gasteiger charge is -2.11. The molecular weight excluding hydrogens is 359 g/mol. The molecule has 9 heteroatoms. The number of alkyl halides is 3. The van der Waals surface area contributed by atoms with Crippen molar-refractivity contribution in [1.82, 2.24) is 10.2 Å². The maximum absolute atomic E-state index is 12.8. The number of hydrogen-bond donors (Lipinski definition) is 1. The molecule has 0 unspecified atom stereocenters. The molecule has 0 atom stereocenters. The van der Waals surface area contributed by atoms with E-state index < -0.39 is 22.7 Å². The summed E-state index contributed by atoms with van der Waals surface area (Å²) in [5.41, 5.74) is -0.538. The van der Waals surface area contributed by atoms with Crippen LogP contribution >= 0.6 is 11.6 Å². The average molecular weight is 368 g/mol. The highest BCUT2D eigenvalue weighted by Gasteiger charge is 2.33. The zero-order valence-corrected chi connectivity index (χ0v) is 13.1. The van der Waals surface area contributed by atoms with Crippen LogP contribution in [0.5, 0.6) is 0 Å². The Balaban J connectivity index is 1.81. The average Bonchev–Trinajstić information content (AvgIpc) is 3.06. The fraction of sp³-hybridized carbons (Fsp3) is 0.0625. The van der Waals surface area contributed by atoms with Gasteiger partial charge in [0.05, 0.1) is 10.6 Å². The van der Waals surface area contributed by atoms with E-state index in [9.17, 15) is 18.0 Å². The zero-order chi connectivity index (χ0) is 18.0. The molecule has 0 saturated carbocycles. The van der Waals surface area contributed by atoms with E-state index in [1.807, 2.05) is 0 Å². The van der Waals surface area contributed by atoms with Gasteiger partial charge >= 0.3 is 18.0 Å². The van der Waals surface area contributed by atoms with Gasteiger partial charge in [-0.05, 0) is 30.3 Å². The van der Waals surface area contributed by atoms with Crippen LogP contribution in [0.25, 0.3) is 11.5 Å². The summed E-state index contributed by atoms with van der Waals surface area (Å²) in [5.74, 6) is -1.08. The lowest BCUT2D eigenvalue weighted by Crippen LogP contribution is -2.14. The van der Waals surface area contributed by atoms with Gasteiger partial charge in [0.15, 0.2) is 0 Å². The maximum Gasteiger partial charge on any atom is 0.417 e. The molecule has 2 aromatic carbocycles. The molecule has 5 nitrogen and oxygen atoms in total. The third kappa shape index (κ3) is 3.80. The highest BCUT2D eigenvalue weighted by molar-refractivity contribution is 6.31. The van der Waals surface area contributed by atoms with Crippen LogP contribution in [0.15, 0.2) is 52.9 Å². The lowest BCUT2D eigenvalue weighted by atomic mass is 10.2. The van der Waals surface area contributed by atoms with Gasteiger partial charge in [-0.1, -0.05) is 29.8 Å². The number of halogens is 4. The fourth-order valence-corrected chi connectivity index (χ4v) is 2.24. The third-order valence-electron chi connectivity index (χ3n) is 3.17. The van der Waals surface area contributed by atoms with Crippen molar-refractivity contribution in [3.8, 4) is 11.5 Å². The topological polar surface area (TPSA) is 68.0 Å². The van der Waals surface area contributed by atoms with Crippen LogP contribution in [-0.2, 0) is 6.18 Å². The highest BCUT2D eigenvalue weighted by atomic mass is 35.5. The Hall–Kier alpha value is -2.87. The summed E-state index contributed by atoms with van der Waals surface area (Å²) in [6.45, 7) is 0. The normalized spacial score (nSPS) is 11.4. The van der Waals surface area contributed by atoms with Gasteiger partial charge in [-0.3, -0.25) is 4.79 Å². The molecule has 0 saturated heterocycles. The summed E-state index contributed by atoms with van der Waals surface area (Å²) < 4.78 is 43.8.